The second-order valence-electron chi connectivity index (χ2n) is 4.92. The third-order valence-electron chi connectivity index (χ3n) is 3.61. The number of rotatable bonds is 1. The van der Waals surface area contributed by atoms with Crippen LogP contribution in [-0.4, -0.2) is 5.11 Å². The molecule has 1 aliphatic rings. The third-order valence-corrected chi connectivity index (χ3v) is 3.85. The monoisotopic (exact) mass is 256 g/mol. The molecule has 3 heteroatoms. The normalized spacial score (nSPS) is 20.6. The van der Waals surface area contributed by atoms with Crippen molar-refractivity contribution in [3.8, 4) is 0 Å². The zero-order valence-corrected chi connectivity index (χ0v) is 10.6. The van der Waals surface area contributed by atoms with Gasteiger partial charge in [-0.2, -0.15) is 0 Å². The Hall–Kier alpha value is -0.600. The van der Waals surface area contributed by atoms with Crippen LogP contribution < -0.4 is 0 Å². The molecule has 1 N–H and O–H groups in total. The fourth-order valence-corrected chi connectivity index (χ4v) is 2.79. The molecule has 1 aromatic rings. The van der Waals surface area contributed by atoms with E-state index >= 15 is 0 Å². The molecule has 0 heterocycles. The number of halogens is 2. The molecule has 1 saturated carbocycles. The van der Waals surface area contributed by atoms with E-state index in [2.05, 4.69) is 0 Å². The number of benzene rings is 1. The maximum absolute atomic E-state index is 13.8. The average Bonchev–Trinajstić information content (AvgIpc) is 2.27. The first-order valence-corrected chi connectivity index (χ1v) is 6.67. The van der Waals surface area contributed by atoms with Crippen LogP contribution in [0.3, 0.4) is 0 Å². The van der Waals surface area contributed by atoms with Crippen molar-refractivity contribution in [1.82, 2.24) is 0 Å². The van der Waals surface area contributed by atoms with Gasteiger partial charge in [-0.1, -0.05) is 43.7 Å². The molecule has 17 heavy (non-hydrogen) atoms. The molecule has 1 fully saturated rings. The first-order valence-electron chi connectivity index (χ1n) is 6.30. The van der Waals surface area contributed by atoms with Crippen LogP contribution in [0, 0.1) is 5.82 Å². The molecule has 0 amide bonds. The SMILES string of the molecule is OC1(c2cc(Cl)ccc2F)CCCCCCC1. The van der Waals surface area contributed by atoms with Crippen molar-refractivity contribution in [2.45, 2.75) is 50.5 Å². The van der Waals surface area contributed by atoms with Gasteiger partial charge in [0.05, 0.1) is 5.60 Å². The van der Waals surface area contributed by atoms with Crippen molar-refractivity contribution in [3.63, 3.8) is 0 Å². The van der Waals surface area contributed by atoms with Gasteiger partial charge in [-0.15, -0.1) is 0 Å². The molecule has 2 rings (SSSR count). The Labute approximate surface area is 107 Å². The summed E-state index contributed by atoms with van der Waals surface area (Å²) in [6, 6.07) is 4.43. The van der Waals surface area contributed by atoms with E-state index in [4.69, 9.17) is 11.6 Å². The highest BCUT2D eigenvalue weighted by Crippen LogP contribution is 2.37. The molecule has 0 saturated heterocycles. The van der Waals surface area contributed by atoms with Crippen molar-refractivity contribution in [2.75, 3.05) is 0 Å². The lowest BCUT2D eigenvalue weighted by Crippen LogP contribution is -2.28. The zero-order chi connectivity index (χ0) is 12.3. The van der Waals surface area contributed by atoms with E-state index in [-0.39, 0.29) is 5.82 Å². The van der Waals surface area contributed by atoms with Gasteiger partial charge in [0.25, 0.3) is 0 Å². The quantitative estimate of drug-likeness (QED) is 0.789. The number of hydrogen-bond acceptors (Lipinski definition) is 1. The molecule has 1 aliphatic carbocycles. The van der Waals surface area contributed by atoms with Crippen LogP contribution in [-0.2, 0) is 5.60 Å². The van der Waals surface area contributed by atoms with Gasteiger partial charge in [0.15, 0.2) is 0 Å². The third kappa shape index (κ3) is 2.99. The summed E-state index contributed by atoms with van der Waals surface area (Å²) in [6.45, 7) is 0. The number of aliphatic hydroxyl groups is 1. The summed E-state index contributed by atoms with van der Waals surface area (Å²) in [5, 5.41) is 11.1. The van der Waals surface area contributed by atoms with E-state index in [1.807, 2.05) is 0 Å². The van der Waals surface area contributed by atoms with Crippen LogP contribution in [0.15, 0.2) is 18.2 Å². The van der Waals surface area contributed by atoms with E-state index in [0.29, 0.717) is 23.4 Å². The minimum Gasteiger partial charge on any atom is -0.385 e. The average molecular weight is 257 g/mol. The van der Waals surface area contributed by atoms with Crippen LogP contribution in [0.4, 0.5) is 4.39 Å². The fourth-order valence-electron chi connectivity index (χ4n) is 2.61. The van der Waals surface area contributed by atoms with Crippen LogP contribution in [0.2, 0.25) is 5.02 Å². The molecule has 1 nitrogen and oxygen atoms in total. The van der Waals surface area contributed by atoms with Gasteiger partial charge < -0.3 is 5.11 Å². The second-order valence-corrected chi connectivity index (χ2v) is 5.36. The van der Waals surface area contributed by atoms with Crippen molar-refractivity contribution in [1.29, 1.82) is 0 Å². The molecule has 1 aromatic carbocycles. The Balaban J connectivity index is 2.30. The molecule has 0 bridgehead atoms. The van der Waals surface area contributed by atoms with E-state index in [1.165, 1.54) is 18.6 Å². The fraction of sp³-hybridized carbons (Fsp3) is 0.571. The lowest BCUT2D eigenvalue weighted by molar-refractivity contribution is 0.00639. The summed E-state index contributed by atoms with van der Waals surface area (Å²) < 4.78 is 13.8. The largest absolute Gasteiger partial charge is 0.385 e. The van der Waals surface area contributed by atoms with Gasteiger partial charge in [0, 0.05) is 10.6 Å². The smallest absolute Gasteiger partial charge is 0.129 e. The summed E-state index contributed by atoms with van der Waals surface area (Å²) in [5.74, 6) is -0.350. The molecular weight excluding hydrogens is 239 g/mol. The van der Waals surface area contributed by atoms with Gasteiger partial charge in [-0.05, 0) is 31.0 Å². The maximum Gasteiger partial charge on any atom is 0.129 e. The van der Waals surface area contributed by atoms with Gasteiger partial charge in [-0.25, -0.2) is 4.39 Å². The Kier molecular flexibility index (Phi) is 4.05. The summed E-state index contributed by atoms with van der Waals surface area (Å²) in [7, 11) is 0. The van der Waals surface area contributed by atoms with Crippen molar-refractivity contribution in [3.05, 3.63) is 34.6 Å². The van der Waals surface area contributed by atoms with E-state index < -0.39 is 5.60 Å². The molecule has 0 radical (unpaired) electrons. The summed E-state index contributed by atoms with van der Waals surface area (Å²) in [5.41, 5.74) is -0.665. The standard InChI is InChI=1S/C14H18ClFO/c15-11-6-7-13(16)12(10-11)14(17)8-4-2-1-3-5-9-14/h6-7,10,17H,1-5,8-9H2. The predicted molar refractivity (Wildman–Crippen MR) is 67.6 cm³/mol. The molecule has 0 unspecified atom stereocenters. The predicted octanol–water partition coefficient (Wildman–Crippen LogP) is 4.41. The van der Waals surface area contributed by atoms with Crippen molar-refractivity contribution in [2.24, 2.45) is 0 Å². The van der Waals surface area contributed by atoms with E-state index in [0.717, 1.165) is 25.7 Å². The van der Waals surface area contributed by atoms with Gasteiger partial charge in [-0.3, -0.25) is 0 Å². The van der Waals surface area contributed by atoms with Crippen molar-refractivity contribution < 1.29 is 9.50 Å². The zero-order valence-electron chi connectivity index (χ0n) is 9.88. The van der Waals surface area contributed by atoms with Gasteiger partial charge in [0.1, 0.15) is 5.82 Å². The summed E-state index contributed by atoms with van der Waals surface area (Å²) in [4.78, 5) is 0. The summed E-state index contributed by atoms with van der Waals surface area (Å²) >= 11 is 5.89. The Morgan fingerprint density at radius 1 is 1.06 bits per heavy atom. The highest BCUT2D eigenvalue weighted by molar-refractivity contribution is 6.30. The van der Waals surface area contributed by atoms with Crippen LogP contribution in [0.5, 0.6) is 0 Å². The molecular formula is C14H18ClFO. The number of hydrogen-bond donors (Lipinski definition) is 1. The second kappa shape index (κ2) is 5.36. The minimum absolute atomic E-state index is 0.350. The first kappa shape index (κ1) is 12.8. The first-order chi connectivity index (χ1) is 8.12. The van der Waals surface area contributed by atoms with E-state index in [1.54, 1.807) is 6.07 Å². The molecule has 0 atom stereocenters. The Morgan fingerprint density at radius 2 is 1.65 bits per heavy atom. The van der Waals surface area contributed by atoms with Gasteiger partial charge in [0.2, 0.25) is 0 Å². The van der Waals surface area contributed by atoms with E-state index in [9.17, 15) is 9.50 Å². The highest BCUT2D eigenvalue weighted by atomic mass is 35.5. The highest BCUT2D eigenvalue weighted by Gasteiger charge is 2.32. The summed E-state index contributed by atoms with van der Waals surface area (Å²) in [6.07, 6.45) is 6.60. The van der Waals surface area contributed by atoms with Crippen LogP contribution in [0.1, 0.15) is 50.5 Å². The molecule has 0 aromatic heterocycles. The topological polar surface area (TPSA) is 20.2 Å². The molecule has 0 spiro atoms. The minimum atomic E-state index is -1.03. The lowest BCUT2D eigenvalue weighted by atomic mass is 9.81. The maximum atomic E-state index is 13.8. The van der Waals surface area contributed by atoms with Crippen molar-refractivity contribution >= 4 is 11.6 Å². The molecule has 0 aliphatic heterocycles. The molecule has 94 valence electrons. The van der Waals surface area contributed by atoms with Crippen LogP contribution in [0.25, 0.3) is 0 Å². The van der Waals surface area contributed by atoms with Gasteiger partial charge >= 0.3 is 0 Å². The Morgan fingerprint density at radius 3 is 2.29 bits per heavy atom. The Bertz CT molecular complexity index is 384. The lowest BCUT2D eigenvalue weighted by Gasteiger charge is -2.31. The van der Waals surface area contributed by atoms with Crippen LogP contribution >= 0.6 is 11.6 Å².